The normalized spacial score (nSPS) is 20.1. The van der Waals surface area contributed by atoms with Gasteiger partial charge in [-0.2, -0.15) is 0 Å². The lowest BCUT2D eigenvalue weighted by Gasteiger charge is -2.37. The van der Waals surface area contributed by atoms with E-state index in [1.165, 1.54) is 11.1 Å². The lowest BCUT2D eigenvalue weighted by Crippen LogP contribution is -2.55. The van der Waals surface area contributed by atoms with E-state index in [0.29, 0.717) is 6.61 Å². The number of aliphatic imine (C=N–C) groups is 1. The standard InChI is InChI=1S/C21H32N4O2.HI/c1-3-22-21(23-10-9-18-7-4-6-17(2)16-18)25-13-11-24(12-14-25)20(26)19-8-5-15-27-19;/h4,6-7,16,19H,3,5,8-15H2,1-2H3,(H,22,23);1H. The van der Waals surface area contributed by atoms with E-state index in [0.717, 1.165) is 64.5 Å². The number of halogens is 1. The maximum atomic E-state index is 12.5. The summed E-state index contributed by atoms with van der Waals surface area (Å²) in [5.74, 6) is 1.11. The highest BCUT2D eigenvalue weighted by molar-refractivity contribution is 14.0. The van der Waals surface area contributed by atoms with Crippen molar-refractivity contribution < 1.29 is 9.53 Å². The van der Waals surface area contributed by atoms with Gasteiger partial charge in [0, 0.05) is 45.9 Å². The topological polar surface area (TPSA) is 57.2 Å². The first-order chi connectivity index (χ1) is 13.2. The maximum Gasteiger partial charge on any atom is 0.251 e. The van der Waals surface area contributed by atoms with Crippen molar-refractivity contribution in [2.75, 3.05) is 45.9 Å². The van der Waals surface area contributed by atoms with Gasteiger partial charge >= 0.3 is 0 Å². The van der Waals surface area contributed by atoms with Crippen LogP contribution in [0.5, 0.6) is 0 Å². The predicted molar refractivity (Wildman–Crippen MR) is 123 cm³/mol. The Labute approximate surface area is 185 Å². The Morgan fingerprint density at radius 2 is 2.00 bits per heavy atom. The van der Waals surface area contributed by atoms with Crippen molar-refractivity contribution in [1.29, 1.82) is 0 Å². The first kappa shape index (κ1) is 22.9. The van der Waals surface area contributed by atoms with Crippen LogP contribution in [0.15, 0.2) is 29.3 Å². The number of benzene rings is 1. The third-order valence-electron chi connectivity index (χ3n) is 5.18. The molecule has 2 aliphatic rings. The summed E-state index contributed by atoms with van der Waals surface area (Å²) in [5.41, 5.74) is 2.61. The molecule has 0 spiro atoms. The van der Waals surface area contributed by atoms with Crippen molar-refractivity contribution in [3.05, 3.63) is 35.4 Å². The highest BCUT2D eigenvalue weighted by Gasteiger charge is 2.30. The number of carbonyl (C=O) groups excluding carboxylic acids is 1. The van der Waals surface area contributed by atoms with Crippen LogP contribution >= 0.6 is 24.0 Å². The van der Waals surface area contributed by atoms with Gasteiger partial charge in [0.1, 0.15) is 6.10 Å². The SMILES string of the molecule is CCNC(=NCCc1cccc(C)c1)N1CCN(C(=O)C2CCCO2)CC1.I. The molecule has 2 fully saturated rings. The third-order valence-corrected chi connectivity index (χ3v) is 5.18. The highest BCUT2D eigenvalue weighted by atomic mass is 127. The molecule has 0 bridgehead atoms. The number of guanidine groups is 1. The van der Waals surface area contributed by atoms with Crippen molar-refractivity contribution >= 4 is 35.8 Å². The van der Waals surface area contributed by atoms with Crippen LogP contribution in [-0.2, 0) is 16.0 Å². The summed E-state index contributed by atoms with van der Waals surface area (Å²) >= 11 is 0. The van der Waals surface area contributed by atoms with Gasteiger partial charge in [-0.05, 0) is 38.7 Å². The Morgan fingerprint density at radius 3 is 2.64 bits per heavy atom. The Balaban J connectivity index is 0.00000280. The number of rotatable bonds is 5. The second-order valence-corrected chi connectivity index (χ2v) is 7.29. The van der Waals surface area contributed by atoms with E-state index in [4.69, 9.17) is 9.73 Å². The third kappa shape index (κ3) is 6.34. The van der Waals surface area contributed by atoms with E-state index in [9.17, 15) is 4.79 Å². The van der Waals surface area contributed by atoms with Gasteiger partial charge in [0.05, 0.1) is 0 Å². The minimum absolute atomic E-state index is 0. The van der Waals surface area contributed by atoms with Crippen molar-refractivity contribution in [2.24, 2.45) is 4.99 Å². The Bertz CT molecular complexity index is 654. The smallest absolute Gasteiger partial charge is 0.251 e. The summed E-state index contributed by atoms with van der Waals surface area (Å²) in [5, 5.41) is 3.40. The minimum Gasteiger partial charge on any atom is -0.368 e. The summed E-state index contributed by atoms with van der Waals surface area (Å²) in [7, 11) is 0. The van der Waals surface area contributed by atoms with Crippen LogP contribution in [0.4, 0.5) is 0 Å². The van der Waals surface area contributed by atoms with Crippen molar-refractivity contribution in [1.82, 2.24) is 15.1 Å². The van der Waals surface area contributed by atoms with Crippen LogP contribution in [0.1, 0.15) is 30.9 Å². The van der Waals surface area contributed by atoms with Gasteiger partial charge in [-0.1, -0.05) is 29.8 Å². The number of aryl methyl sites for hydroxylation is 1. The van der Waals surface area contributed by atoms with Crippen LogP contribution in [0.2, 0.25) is 0 Å². The Hall–Kier alpha value is -1.35. The molecule has 156 valence electrons. The van der Waals surface area contributed by atoms with Crippen molar-refractivity contribution in [3.8, 4) is 0 Å². The number of carbonyl (C=O) groups is 1. The molecule has 1 aromatic carbocycles. The number of hydrogen-bond donors (Lipinski definition) is 1. The van der Waals surface area contributed by atoms with E-state index < -0.39 is 0 Å². The predicted octanol–water partition coefficient (Wildman–Crippen LogP) is 2.44. The van der Waals surface area contributed by atoms with Crippen LogP contribution < -0.4 is 5.32 Å². The molecule has 1 unspecified atom stereocenters. The molecule has 2 saturated heterocycles. The second kappa shape index (κ2) is 11.6. The molecule has 0 radical (unpaired) electrons. The Kier molecular flexibility index (Phi) is 9.50. The fourth-order valence-corrected chi connectivity index (χ4v) is 3.70. The van der Waals surface area contributed by atoms with Crippen LogP contribution in [-0.4, -0.2) is 73.6 Å². The first-order valence-electron chi connectivity index (χ1n) is 10.2. The van der Waals surface area contributed by atoms with Gasteiger partial charge in [-0.25, -0.2) is 0 Å². The summed E-state index contributed by atoms with van der Waals surface area (Å²) in [6, 6.07) is 8.60. The molecule has 2 heterocycles. The molecular weight excluding hydrogens is 467 g/mol. The molecule has 1 aromatic rings. The van der Waals surface area contributed by atoms with E-state index in [1.807, 2.05) is 4.90 Å². The molecule has 1 atom stereocenters. The van der Waals surface area contributed by atoms with E-state index in [1.54, 1.807) is 0 Å². The molecule has 7 heteroatoms. The van der Waals surface area contributed by atoms with E-state index in [-0.39, 0.29) is 36.0 Å². The van der Waals surface area contributed by atoms with E-state index >= 15 is 0 Å². The van der Waals surface area contributed by atoms with Crippen LogP contribution in [0.3, 0.4) is 0 Å². The number of amides is 1. The molecular formula is C21H33IN4O2. The molecule has 0 saturated carbocycles. The van der Waals surface area contributed by atoms with E-state index in [2.05, 4.69) is 48.3 Å². The molecule has 28 heavy (non-hydrogen) atoms. The number of nitrogens with zero attached hydrogens (tertiary/aromatic N) is 3. The first-order valence-corrected chi connectivity index (χ1v) is 10.2. The molecule has 3 rings (SSSR count). The van der Waals surface area contributed by atoms with Gasteiger partial charge in [-0.15, -0.1) is 24.0 Å². The zero-order valence-corrected chi connectivity index (χ0v) is 19.4. The average Bonchev–Trinajstić information content (AvgIpc) is 3.22. The van der Waals surface area contributed by atoms with Crippen LogP contribution in [0.25, 0.3) is 0 Å². The number of piperazine rings is 1. The quantitative estimate of drug-likeness (QED) is 0.384. The molecule has 1 N–H and O–H groups in total. The fraction of sp³-hybridized carbons (Fsp3) is 0.619. The Morgan fingerprint density at radius 1 is 1.25 bits per heavy atom. The molecule has 1 amide bonds. The van der Waals surface area contributed by atoms with Crippen molar-refractivity contribution in [2.45, 2.75) is 39.2 Å². The summed E-state index contributed by atoms with van der Waals surface area (Å²) in [4.78, 5) is 21.5. The van der Waals surface area contributed by atoms with Gasteiger partial charge in [0.2, 0.25) is 0 Å². The molecule has 6 nitrogen and oxygen atoms in total. The summed E-state index contributed by atoms with van der Waals surface area (Å²) < 4.78 is 5.54. The minimum atomic E-state index is -0.215. The zero-order chi connectivity index (χ0) is 19.1. The van der Waals surface area contributed by atoms with Gasteiger partial charge in [0.25, 0.3) is 5.91 Å². The lowest BCUT2D eigenvalue weighted by molar-refractivity contribution is -0.142. The second-order valence-electron chi connectivity index (χ2n) is 7.29. The number of ether oxygens (including phenoxy) is 1. The van der Waals surface area contributed by atoms with Gasteiger partial charge < -0.3 is 19.9 Å². The largest absolute Gasteiger partial charge is 0.368 e. The monoisotopic (exact) mass is 500 g/mol. The van der Waals surface area contributed by atoms with Crippen LogP contribution in [0, 0.1) is 6.92 Å². The molecule has 2 aliphatic heterocycles. The van der Waals surface area contributed by atoms with Gasteiger partial charge in [0.15, 0.2) is 5.96 Å². The zero-order valence-electron chi connectivity index (χ0n) is 17.0. The summed E-state index contributed by atoms with van der Waals surface area (Å²) in [6.45, 7) is 9.64. The molecule has 0 aliphatic carbocycles. The number of hydrogen-bond acceptors (Lipinski definition) is 3. The molecule has 0 aromatic heterocycles. The van der Waals surface area contributed by atoms with Gasteiger partial charge in [-0.3, -0.25) is 9.79 Å². The van der Waals surface area contributed by atoms with Crippen molar-refractivity contribution in [3.63, 3.8) is 0 Å². The highest BCUT2D eigenvalue weighted by Crippen LogP contribution is 2.16. The fourth-order valence-electron chi connectivity index (χ4n) is 3.70. The lowest BCUT2D eigenvalue weighted by atomic mass is 10.1. The summed E-state index contributed by atoms with van der Waals surface area (Å²) in [6.07, 6.45) is 2.58. The maximum absolute atomic E-state index is 12.5. The number of nitrogens with one attached hydrogen (secondary N) is 1. The average molecular weight is 500 g/mol.